The Morgan fingerprint density at radius 2 is 2.23 bits per heavy atom. The first kappa shape index (κ1) is 9.88. The molecule has 2 nitrogen and oxygen atoms in total. The smallest absolute Gasteiger partial charge is 0.249 e. The number of halogens is 1. The Kier molecular flexibility index (Phi) is 3.16. The molecule has 0 aliphatic rings. The second-order valence-electron chi connectivity index (χ2n) is 2.67. The minimum Gasteiger partial charge on any atom is -0.495 e. The second kappa shape index (κ2) is 4.15. The third-order valence-corrected chi connectivity index (χ3v) is 2.14. The minimum absolute atomic E-state index is 0.214. The Balaban J connectivity index is 3.21. The molecule has 1 aromatic rings. The van der Waals surface area contributed by atoms with Crippen LogP contribution in [0.2, 0.25) is 5.02 Å². The van der Waals surface area contributed by atoms with Gasteiger partial charge in [-0.15, -0.1) is 0 Å². The molecule has 0 N–H and O–H groups in total. The van der Waals surface area contributed by atoms with Crippen LogP contribution in [0.1, 0.15) is 18.5 Å². The maximum absolute atomic E-state index is 6.91. The number of rotatable bonds is 2. The van der Waals surface area contributed by atoms with Crippen molar-refractivity contribution < 1.29 is 4.74 Å². The Labute approximate surface area is 82.9 Å². The van der Waals surface area contributed by atoms with Gasteiger partial charge < -0.3 is 9.58 Å². The number of nitrogens with zero attached hydrogens (tertiary/aromatic N) is 1. The standard InChI is InChI=1S/C10H10ClNO/c1-7(12-2)8-5-4-6-9(11)10(8)13-3/h4-7H,1,3H3. The first-order valence-corrected chi connectivity index (χ1v) is 4.27. The first-order chi connectivity index (χ1) is 6.20. The molecule has 1 aromatic carbocycles. The molecule has 0 aliphatic heterocycles. The predicted octanol–water partition coefficient (Wildman–Crippen LogP) is 3.33. The fourth-order valence-electron chi connectivity index (χ4n) is 1.14. The molecule has 0 radical (unpaired) electrons. The summed E-state index contributed by atoms with van der Waals surface area (Å²) in [6, 6.07) is 5.21. The van der Waals surface area contributed by atoms with E-state index in [4.69, 9.17) is 22.9 Å². The zero-order valence-corrected chi connectivity index (χ0v) is 8.30. The van der Waals surface area contributed by atoms with Gasteiger partial charge in [-0.25, -0.2) is 6.57 Å². The van der Waals surface area contributed by atoms with Crippen LogP contribution in [0.3, 0.4) is 0 Å². The molecule has 1 atom stereocenters. The Morgan fingerprint density at radius 1 is 1.54 bits per heavy atom. The molecule has 0 saturated carbocycles. The van der Waals surface area contributed by atoms with Gasteiger partial charge in [-0.1, -0.05) is 17.7 Å². The molecular weight excluding hydrogens is 186 g/mol. The molecule has 3 heteroatoms. The van der Waals surface area contributed by atoms with E-state index in [0.717, 1.165) is 5.56 Å². The van der Waals surface area contributed by atoms with E-state index in [-0.39, 0.29) is 6.04 Å². The first-order valence-electron chi connectivity index (χ1n) is 3.89. The molecule has 13 heavy (non-hydrogen) atoms. The van der Waals surface area contributed by atoms with Gasteiger partial charge in [0, 0.05) is 6.92 Å². The van der Waals surface area contributed by atoms with E-state index in [2.05, 4.69) is 4.85 Å². The number of para-hydroxylation sites is 1. The van der Waals surface area contributed by atoms with Gasteiger partial charge in [-0.05, 0) is 12.1 Å². The van der Waals surface area contributed by atoms with Crippen LogP contribution in [0, 0.1) is 6.57 Å². The van der Waals surface area contributed by atoms with Gasteiger partial charge in [0.05, 0.1) is 17.7 Å². The molecule has 0 fully saturated rings. The minimum atomic E-state index is -0.214. The number of ether oxygens (including phenoxy) is 1. The molecule has 0 bridgehead atoms. The lowest BCUT2D eigenvalue weighted by Crippen LogP contribution is -1.94. The third-order valence-electron chi connectivity index (χ3n) is 1.85. The van der Waals surface area contributed by atoms with Crippen LogP contribution in [0.25, 0.3) is 4.85 Å². The van der Waals surface area contributed by atoms with E-state index in [9.17, 15) is 0 Å². The monoisotopic (exact) mass is 195 g/mol. The highest BCUT2D eigenvalue weighted by molar-refractivity contribution is 6.32. The van der Waals surface area contributed by atoms with Crippen molar-refractivity contribution in [3.63, 3.8) is 0 Å². The summed E-state index contributed by atoms with van der Waals surface area (Å²) in [6.07, 6.45) is 0. The Morgan fingerprint density at radius 3 is 2.77 bits per heavy atom. The van der Waals surface area contributed by atoms with Gasteiger partial charge >= 0.3 is 0 Å². The molecule has 1 unspecified atom stereocenters. The summed E-state index contributed by atoms with van der Waals surface area (Å²) in [6.45, 7) is 8.74. The van der Waals surface area contributed by atoms with E-state index < -0.39 is 0 Å². The predicted molar refractivity (Wildman–Crippen MR) is 53.0 cm³/mol. The maximum atomic E-state index is 6.91. The van der Waals surface area contributed by atoms with Crippen molar-refractivity contribution in [1.82, 2.24) is 0 Å². The van der Waals surface area contributed by atoms with Gasteiger partial charge in [0.1, 0.15) is 5.75 Å². The highest BCUT2D eigenvalue weighted by Gasteiger charge is 2.16. The molecule has 0 amide bonds. The van der Waals surface area contributed by atoms with E-state index >= 15 is 0 Å². The fraction of sp³-hybridized carbons (Fsp3) is 0.300. The van der Waals surface area contributed by atoms with Gasteiger partial charge in [-0.2, -0.15) is 0 Å². The molecule has 0 aliphatic carbocycles. The van der Waals surface area contributed by atoms with Crippen molar-refractivity contribution in [3.05, 3.63) is 40.2 Å². The van der Waals surface area contributed by atoms with Crippen molar-refractivity contribution in [1.29, 1.82) is 0 Å². The summed E-state index contributed by atoms with van der Waals surface area (Å²) in [5, 5.41) is 0.551. The van der Waals surface area contributed by atoms with Crippen LogP contribution in [0.4, 0.5) is 0 Å². The average molecular weight is 196 g/mol. The lowest BCUT2D eigenvalue weighted by molar-refractivity contribution is 0.409. The summed E-state index contributed by atoms with van der Waals surface area (Å²) in [5.74, 6) is 0.604. The van der Waals surface area contributed by atoms with E-state index in [1.54, 1.807) is 13.2 Å². The molecular formula is C10H10ClNO. The van der Waals surface area contributed by atoms with Crippen molar-refractivity contribution in [2.24, 2.45) is 0 Å². The van der Waals surface area contributed by atoms with Crippen LogP contribution >= 0.6 is 11.6 Å². The number of hydrogen-bond acceptors (Lipinski definition) is 1. The van der Waals surface area contributed by atoms with Crippen LogP contribution in [0.15, 0.2) is 18.2 Å². The molecule has 0 aromatic heterocycles. The molecule has 0 saturated heterocycles. The Hall–Kier alpha value is -1.20. The summed E-state index contributed by atoms with van der Waals surface area (Å²) in [4.78, 5) is 3.42. The van der Waals surface area contributed by atoms with Gasteiger partial charge in [0.2, 0.25) is 6.04 Å². The van der Waals surface area contributed by atoms with Crippen molar-refractivity contribution >= 4 is 11.6 Å². The Bertz CT molecular complexity index is 343. The zero-order valence-electron chi connectivity index (χ0n) is 7.54. The molecule has 0 heterocycles. The van der Waals surface area contributed by atoms with Gasteiger partial charge in [-0.3, -0.25) is 0 Å². The molecule has 1 rings (SSSR count). The fourth-order valence-corrected chi connectivity index (χ4v) is 1.40. The highest BCUT2D eigenvalue weighted by atomic mass is 35.5. The summed E-state index contributed by atoms with van der Waals surface area (Å²) in [7, 11) is 1.56. The van der Waals surface area contributed by atoms with Gasteiger partial charge in [0.25, 0.3) is 0 Å². The lowest BCUT2D eigenvalue weighted by Gasteiger charge is -2.08. The van der Waals surface area contributed by atoms with E-state index in [1.807, 2.05) is 19.1 Å². The summed E-state index contributed by atoms with van der Waals surface area (Å²) in [5.41, 5.74) is 0.838. The number of benzene rings is 1. The topological polar surface area (TPSA) is 13.6 Å². The summed E-state index contributed by atoms with van der Waals surface area (Å²) < 4.78 is 5.12. The second-order valence-corrected chi connectivity index (χ2v) is 3.07. The largest absolute Gasteiger partial charge is 0.495 e. The maximum Gasteiger partial charge on any atom is 0.249 e. The molecule has 68 valence electrons. The van der Waals surface area contributed by atoms with Crippen LogP contribution < -0.4 is 4.74 Å². The van der Waals surface area contributed by atoms with E-state index in [1.165, 1.54) is 0 Å². The van der Waals surface area contributed by atoms with Gasteiger partial charge in [0.15, 0.2) is 0 Å². The van der Waals surface area contributed by atoms with E-state index in [0.29, 0.717) is 10.8 Å². The zero-order chi connectivity index (χ0) is 9.84. The third kappa shape index (κ3) is 1.93. The highest BCUT2D eigenvalue weighted by Crippen LogP contribution is 2.33. The average Bonchev–Trinajstić information content (AvgIpc) is 2.16. The SMILES string of the molecule is [C-]#[N+]C(C)c1cccc(Cl)c1OC. The molecule has 0 spiro atoms. The van der Waals surface area contributed by atoms with Crippen molar-refractivity contribution in [2.75, 3.05) is 7.11 Å². The summed E-state index contributed by atoms with van der Waals surface area (Å²) >= 11 is 5.90. The lowest BCUT2D eigenvalue weighted by atomic mass is 10.1. The van der Waals surface area contributed by atoms with Crippen LogP contribution in [-0.2, 0) is 0 Å². The number of methoxy groups -OCH3 is 1. The number of hydrogen-bond donors (Lipinski definition) is 0. The van der Waals surface area contributed by atoms with Crippen molar-refractivity contribution in [3.8, 4) is 5.75 Å². The van der Waals surface area contributed by atoms with Crippen LogP contribution in [-0.4, -0.2) is 7.11 Å². The normalized spacial score (nSPS) is 11.8. The quantitative estimate of drug-likeness (QED) is 0.660. The van der Waals surface area contributed by atoms with Crippen LogP contribution in [0.5, 0.6) is 5.75 Å². The van der Waals surface area contributed by atoms with Crippen molar-refractivity contribution in [2.45, 2.75) is 13.0 Å².